The van der Waals surface area contributed by atoms with Crippen LogP contribution in [0, 0.1) is 17.8 Å². The number of rotatable bonds is 7. The number of hydrogen-bond donors (Lipinski definition) is 2. The van der Waals surface area contributed by atoms with Crippen molar-refractivity contribution in [2.45, 2.75) is 65.1 Å². The number of methoxy groups -OCH3 is 1. The Morgan fingerprint density at radius 3 is 2.38 bits per heavy atom. The lowest BCUT2D eigenvalue weighted by atomic mass is 9.78. The van der Waals surface area contributed by atoms with Gasteiger partial charge in [0, 0.05) is 31.8 Å². The fourth-order valence-corrected chi connectivity index (χ4v) is 3.93. The fraction of sp³-hybridized carbons (Fsp3) is 0.824. The van der Waals surface area contributed by atoms with Crippen LogP contribution in [0.25, 0.3) is 0 Å². The molecule has 6 atom stereocenters. The van der Waals surface area contributed by atoms with E-state index in [1.165, 1.54) is 21.0 Å². The molecule has 1 fully saturated rings. The van der Waals surface area contributed by atoms with Crippen molar-refractivity contribution < 1.29 is 23.9 Å². The topological polar surface area (TPSA) is 108 Å². The van der Waals surface area contributed by atoms with Crippen LogP contribution in [-0.2, 0) is 23.9 Å². The molecule has 0 saturated heterocycles. The van der Waals surface area contributed by atoms with Crippen molar-refractivity contribution in [1.82, 2.24) is 5.32 Å². The lowest BCUT2D eigenvalue weighted by Crippen LogP contribution is -2.48. The monoisotopic (exact) mass is 342 g/mol. The molecule has 1 saturated carbocycles. The number of nitrogens with two attached hydrogens (primary N) is 1. The number of hydrogen-bond acceptors (Lipinski definition) is 6. The first kappa shape index (κ1) is 20.4. The molecule has 24 heavy (non-hydrogen) atoms. The molecule has 0 bridgehead atoms. The van der Waals surface area contributed by atoms with E-state index in [1.54, 1.807) is 0 Å². The lowest BCUT2D eigenvalue weighted by Gasteiger charge is -2.35. The molecule has 0 spiro atoms. The Morgan fingerprint density at radius 1 is 1.29 bits per heavy atom. The van der Waals surface area contributed by atoms with Gasteiger partial charge in [0.25, 0.3) is 0 Å². The van der Waals surface area contributed by atoms with Crippen LogP contribution >= 0.6 is 0 Å². The summed E-state index contributed by atoms with van der Waals surface area (Å²) in [5.74, 6) is -1.75. The minimum absolute atomic E-state index is 0.00732. The van der Waals surface area contributed by atoms with Crippen LogP contribution in [0.2, 0.25) is 0 Å². The molecule has 0 heterocycles. The highest BCUT2D eigenvalue weighted by Crippen LogP contribution is 2.41. The van der Waals surface area contributed by atoms with Crippen LogP contribution < -0.4 is 11.1 Å². The number of amides is 1. The molecule has 0 aromatic heterocycles. The number of carbonyl (C=O) groups excluding carboxylic acids is 3. The van der Waals surface area contributed by atoms with Crippen molar-refractivity contribution in [2.75, 3.05) is 7.11 Å². The van der Waals surface area contributed by atoms with E-state index in [0.717, 1.165) is 12.8 Å². The first-order valence-corrected chi connectivity index (χ1v) is 8.50. The van der Waals surface area contributed by atoms with Crippen LogP contribution in [0.4, 0.5) is 0 Å². The normalized spacial score (nSPS) is 28.8. The molecule has 0 aromatic carbocycles. The molecule has 0 radical (unpaired) electrons. The molecule has 5 unspecified atom stereocenters. The Kier molecular flexibility index (Phi) is 7.66. The van der Waals surface area contributed by atoms with Crippen molar-refractivity contribution in [3.05, 3.63) is 0 Å². The highest BCUT2D eigenvalue weighted by Gasteiger charge is 2.51. The quantitative estimate of drug-likeness (QED) is 0.668. The van der Waals surface area contributed by atoms with E-state index in [2.05, 4.69) is 5.32 Å². The van der Waals surface area contributed by atoms with Crippen LogP contribution in [-0.4, -0.2) is 43.1 Å². The Balaban J connectivity index is 3.13. The second kappa shape index (κ2) is 9.01. The molecule has 0 aromatic rings. The molecule has 3 N–H and O–H groups in total. The van der Waals surface area contributed by atoms with Crippen molar-refractivity contribution in [3.63, 3.8) is 0 Å². The van der Waals surface area contributed by atoms with E-state index in [0.29, 0.717) is 6.42 Å². The Morgan fingerprint density at radius 2 is 1.92 bits per heavy atom. The molecule has 1 aliphatic rings. The molecule has 7 nitrogen and oxygen atoms in total. The maximum Gasteiger partial charge on any atom is 0.312 e. The average Bonchev–Trinajstić information content (AvgIpc) is 2.79. The van der Waals surface area contributed by atoms with E-state index in [9.17, 15) is 14.4 Å². The molecular formula is C17H30N2O5. The molecular weight excluding hydrogens is 312 g/mol. The van der Waals surface area contributed by atoms with Gasteiger partial charge in [0.1, 0.15) is 6.10 Å². The Bertz CT molecular complexity index is 468. The highest BCUT2D eigenvalue weighted by molar-refractivity contribution is 5.75. The van der Waals surface area contributed by atoms with E-state index >= 15 is 0 Å². The molecule has 1 amide bonds. The molecule has 7 heteroatoms. The lowest BCUT2D eigenvalue weighted by molar-refractivity contribution is -0.160. The van der Waals surface area contributed by atoms with Gasteiger partial charge in [-0.2, -0.15) is 0 Å². The van der Waals surface area contributed by atoms with E-state index in [4.69, 9.17) is 15.2 Å². The molecule has 138 valence electrons. The molecule has 0 aliphatic heterocycles. The van der Waals surface area contributed by atoms with Crippen LogP contribution in [0.3, 0.4) is 0 Å². The summed E-state index contributed by atoms with van der Waals surface area (Å²) in [6.07, 6.45) is 1.49. The van der Waals surface area contributed by atoms with Gasteiger partial charge >= 0.3 is 11.9 Å². The van der Waals surface area contributed by atoms with Gasteiger partial charge in [-0.05, 0) is 25.7 Å². The molecule has 1 rings (SSSR count). The average molecular weight is 342 g/mol. The maximum absolute atomic E-state index is 12.1. The first-order valence-electron chi connectivity index (χ1n) is 8.50. The van der Waals surface area contributed by atoms with Gasteiger partial charge in [0.05, 0.1) is 13.0 Å². The SMILES string of the molecule is CCCC(C(C)NC(C)=O)C1C(N)C[C@H](C(=O)OC)C1OC(C)=O. The van der Waals surface area contributed by atoms with Crippen LogP contribution in [0.5, 0.6) is 0 Å². The highest BCUT2D eigenvalue weighted by atomic mass is 16.6. The third kappa shape index (κ3) is 4.93. The summed E-state index contributed by atoms with van der Waals surface area (Å²) in [5.41, 5.74) is 6.32. The van der Waals surface area contributed by atoms with E-state index < -0.39 is 24.0 Å². The smallest absolute Gasteiger partial charge is 0.312 e. The number of nitrogens with one attached hydrogen (secondary N) is 1. The maximum atomic E-state index is 12.1. The predicted molar refractivity (Wildman–Crippen MR) is 88.8 cm³/mol. The first-order chi connectivity index (χ1) is 11.2. The van der Waals surface area contributed by atoms with Crippen LogP contribution in [0.1, 0.15) is 47.0 Å². The second-order valence-corrected chi connectivity index (χ2v) is 6.62. The van der Waals surface area contributed by atoms with Gasteiger partial charge in [-0.25, -0.2) is 0 Å². The predicted octanol–water partition coefficient (Wildman–Crippen LogP) is 0.995. The third-order valence-electron chi connectivity index (χ3n) is 4.79. The zero-order valence-corrected chi connectivity index (χ0v) is 15.2. The summed E-state index contributed by atoms with van der Waals surface area (Å²) >= 11 is 0. The molecule has 1 aliphatic carbocycles. The second-order valence-electron chi connectivity index (χ2n) is 6.62. The van der Waals surface area contributed by atoms with E-state index in [-0.39, 0.29) is 29.8 Å². The van der Waals surface area contributed by atoms with E-state index in [1.807, 2.05) is 13.8 Å². The van der Waals surface area contributed by atoms with Crippen molar-refractivity contribution in [2.24, 2.45) is 23.5 Å². The number of ether oxygens (including phenoxy) is 2. The zero-order valence-electron chi connectivity index (χ0n) is 15.2. The summed E-state index contributed by atoms with van der Waals surface area (Å²) < 4.78 is 10.3. The van der Waals surface area contributed by atoms with Gasteiger partial charge in [0.2, 0.25) is 5.91 Å². The minimum Gasteiger partial charge on any atom is -0.469 e. The minimum atomic E-state index is -0.627. The van der Waals surface area contributed by atoms with Crippen molar-refractivity contribution in [3.8, 4) is 0 Å². The summed E-state index contributed by atoms with van der Waals surface area (Å²) in [6, 6.07) is -0.431. The van der Waals surface area contributed by atoms with Gasteiger partial charge < -0.3 is 20.5 Å². The number of carbonyl (C=O) groups is 3. The summed E-state index contributed by atoms with van der Waals surface area (Å²) in [7, 11) is 1.31. The number of esters is 2. The Hall–Kier alpha value is -1.63. The largest absolute Gasteiger partial charge is 0.469 e. The summed E-state index contributed by atoms with van der Waals surface area (Å²) in [5, 5.41) is 2.91. The standard InChI is InChI=1S/C17H30N2O5/c1-6-7-12(9(2)19-10(3)20)15-14(18)8-13(17(22)23-5)16(15)24-11(4)21/h9,12-16H,6-8,18H2,1-5H3,(H,19,20)/t9?,12?,13-,14?,15?,16?/m0/s1. The summed E-state index contributed by atoms with van der Waals surface area (Å²) in [6.45, 7) is 6.76. The fourth-order valence-electron chi connectivity index (χ4n) is 3.93. The Labute approximate surface area is 143 Å². The van der Waals surface area contributed by atoms with Crippen molar-refractivity contribution >= 4 is 17.8 Å². The van der Waals surface area contributed by atoms with Gasteiger partial charge in [0.15, 0.2) is 0 Å². The van der Waals surface area contributed by atoms with Crippen molar-refractivity contribution in [1.29, 1.82) is 0 Å². The van der Waals surface area contributed by atoms with Gasteiger partial charge in [-0.3, -0.25) is 14.4 Å². The zero-order chi connectivity index (χ0) is 18.4. The third-order valence-corrected chi connectivity index (χ3v) is 4.79. The van der Waals surface area contributed by atoms with Gasteiger partial charge in [-0.15, -0.1) is 0 Å². The van der Waals surface area contributed by atoms with Gasteiger partial charge in [-0.1, -0.05) is 13.3 Å². The summed E-state index contributed by atoms with van der Waals surface area (Å²) in [4.78, 5) is 35.1. The van der Waals surface area contributed by atoms with Crippen LogP contribution in [0.15, 0.2) is 0 Å².